The van der Waals surface area contributed by atoms with E-state index in [1.54, 1.807) is 23.5 Å². The second kappa shape index (κ2) is 9.23. The van der Waals surface area contributed by atoms with Gasteiger partial charge in [-0.2, -0.15) is 0 Å². The number of nitrogens with one attached hydrogen (secondary N) is 1. The zero-order valence-electron chi connectivity index (χ0n) is 18.5. The Balaban J connectivity index is 2.00. The molecule has 0 saturated carbocycles. The van der Waals surface area contributed by atoms with Crippen molar-refractivity contribution in [3.63, 3.8) is 0 Å². The summed E-state index contributed by atoms with van der Waals surface area (Å²) in [4.78, 5) is 29.4. The van der Waals surface area contributed by atoms with E-state index in [1.165, 1.54) is 4.88 Å². The van der Waals surface area contributed by atoms with Crippen LogP contribution in [0.4, 0.5) is 5.00 Å². The third kappa shape index (κ3) is 4.80. The molecule has 1 aliphatic carbocycles. The van der Waals surface area contributed by atoms with Crippen LogP contribution in [0.5, 0.6) is 0 Å². The van der Waals surface area contributed by atoms with E-state index in [0.717, 1.165) is 29.3 Å². The predicted octanol–water partition coefficient (Wildman–Crippen LogP) is 6.40. The fraction of sp³-hybridized carbons (Fsp3) is 0.500. The van der Waals surface area contributed by atoms with Crippen molar-refractivity contribution < 1.29 is 9.59 Å². The van der Waals surface area contributed by atoms with Gasteiger partial charge >= 0.3 is 0 Å². The molecule has 0 fully saturated rings. The Kier molecular flexibility index (Phi) is 7.08. The lowest BCUT2D eigenvalue weighted by Gasteiger charge is -2.34. The Labute approximate surface area is 192 Å². The molecule has 1 N–H and O–H groups in total. The van der Waals surface area contributed by atoms with E-state index in [9.17, 15) is 9.59 Å². The summed E-state index contributed by atoms with van der Waals surface area (Å²) in [5.41, 5.74) is 2.64. The molecule has 0 radical (unpaired) electrons. The Morgan fingerprint density at radius 1 is 1.23 bits per heavy atom. The molecule has 1 unspecified atom stereocenters. The minimum atomic E-state index is -0.184. The standard InChI is InChI=1S/C24H31BrN2O2S/c1-6-27(7-2)23(29)20-18-12-11-16(24(3,4)5)14-19(18)30-22(20)26-21(28)15-9-8-10-17(25)13-15/h8-10,13,16H,6-7,11-12,14H2,1-5H3,(H,26,28). The highest BCUT2D eigenvalue weighted by Crippen LogP contribution is 2.44. The molecular weight excluding hydrogens is 460 g/mol. The molecule has 3 rings (SSSR count). The zero-order chi connectivity index (χ0) is 22.1. The molecule has 0 saturated heterocycles. The molecule has 30 heavy (non-hydrogen) atoms. The normalized spacial score (nSPS) is 16.1. The van der Waals surface area contributed by atoms with E-state index in [4.69, 9.17) is 0 Å². The summed E-state index contributed by atoms with van der Waals surface area (Å²) in [6, 6.07) is 7.32. The maximum atomic E-state index is 13.4. The van der Waals surface area contributed by atoms with Crippen molar-refractivity contribution in [2.75, 3.05) is 18.4 Å². The first-order chi connectivity index (χ1) is 14.2. The van der Waals surface area contributed by atoms with Crippen molar-refractivity contribution in [2.24, 2.45) is 11.3 Å². The summed E-state index contributed by atoms with van der Waals surface area (Å²) in [5.74, 6) is 0.417. The summed E-state index contributed by atoms with van der Waals surface area (Å²) < 4.78 is 0.855. The van der Waals surface area contributed by atoms with Gasteiger partial charge in [0.1, 0.15) is 5.00 Å². The number of amides is 2. The first kappa shape index (κ1) is 23.0. The largest absolute Gasteiger partial charge is 0.339 e. The number of carbonyl (C=O) groups is 2. The molecule has 1 aromatic carbocycles. The predicted molar refractivity (Wildman–Crippen MR) is 129 cm³/mol. The zero-order valence-corrected chi connectivity index (χ0v) is 20.9. The van der Waals surface area contributed by atoms with Crippen LogP contribution in [0.25, 0.3) is 0 Å². The molecule has 0 aliphatic heterocycles. The SMILES string of the molecule is CCN(CC)C(=O)c1c(NC(=O)c2cccc(Br)c2)sc2c1CCC(C(C)(C)C)C2. The van der Waals surface area contributed by atoms with Gasteiger partial charge in [0.05, 0.1) is 5.56 Å². The van der Waals surface area contributed by atoms with E-state index in [1.807, 2.05) is 30.9 Å². The average Bonchev–Trinajstić information content (AvgIpc) is 3.05. The molecule has 4 nitrogen and oxygen atoms in total. The number of fused-ring (bicyclic) bond motifs is 1. The fourth-order valence-electron chi connectivity index (χ4n) is 4.11. The van der Waals surface area contributed by atoms with Crippen molar-refractivity contribution in [3.05, 3.63) is 50.3 Å². The Morgan fingerprint density at radius 2 is 1.93 bits per heavy atom. The molecule has 1 heterocycles. The molecule has 1 aliphatic rings. The van der Waals surface area contributed by atoms with E-state index in [0.29, 0.717) is 35.1 Å². The third-order valence-electron chi connectivity index (χ3n) is 6.07. The number of hydrogen-bond acceptors (Lipinski definition) is 3. The Bertz CT molecular complexity index is 941. The number of benzene rings is 1. The quantitative estimate of drug-likeness (QED) is 0.527. The minimum absolute atomic E-state index is 0.0243. The summed E-state index contributed by atoms with van der Waals surface area (Å²) in [6.07, 6.45) is 2.93. The van der Waals surface area contributed by atoms with Gasteiger partial charge in [-0.05, 0) is 68.2 Å². The van der Waals surface area contributed by atoms with Crippen molar-refractivity contribution in [2.45, 2.75) is 53.9 Å². The molecule has 2 aromatic rings. The van der Waals surface area contributed by atoms with E-state index >= 15 is 0 Å². The smallest absolute Gasteiger partial charge is 0.257 e. The molecular formula is C24H31BrN2O2S. The van der Waals surface area contributed by atoms with Crippen LogP contribution in [0, 0.1) is 11.3 Å². The van der Waals surface area contributed by atoms with Crippen LogP contribution in [0.1, 0.15) is 72.2 Å². The van der Waals surface area contributed by atoms with Gasteiger partial charge in [-0.25, -0.2) is 0 Å². The van der Waals surface area contributed by atoms with Gasteiger partial charge in [-0.3, -0.25) is 9.59 Å². The summed E-state index contributed by atoms with van der Waals surface area (Å²) >= 11 is 5.01. The third-order valence-corrected chi connectivity index (χ3v) is 7.73. The molecule has 162 valence electrons. The lowest BCUT2D eigenvalue weighted by Crippen LogP contribution is -2.32. The van der Waals surface area contributed by atoms with Crippen LogP contribution in [0.15, 0.2) is 28.7 Å². The average molecular weight is 491 g/mol. The van der Waals surface area contributed by atoms with Gasteiger partial charge < -0.3 is 10.2 Å². The number of hydrogen-bond donors (Lipinski definition) is 1. The number of carbonyl (C=O) groups excluding carboxylic acids is 2. The van der Waals surface area contributed by atoms with E-state index < -0.39 is 0 Å². The number of thiophene rings is 1. The monoisotopic (exact) mass is 490 g/mol. The summed E-state index contributed by atoms with van der Waals surface area (Å²) in [6.45, 7) is 12.2. The van der Waals surface area contributed by atoms with Gasteiger partial charge in [-0.1, -0.05) is 42.8 Å². The highest BCUT2D eigenvalue weighted by molar-refractivity contribution is 9.10. The lowest BCUT2D eigenvalue weighted by atomic mass is 9.72. The summed E-state index contributed by atoms with van der Waals surface area (Å²) in [7, 11) is 0. The van der Waals surface area contributed by atoms with E-state index in [-0.39, 0.29) is 17.2 Å². The fourth-order valence-corrected chi connectivity index (χ4v) is 5.83. The van der Waals surface area contributed by atoms with Crippen LogP contribution in [-0.4, -0.2) is 29.8 Å². The van der Waals surface area contributed by atoms with Gasteiger partial charge in [0.25, 0.3) is 11.8 Å². The first-order valence-corrected chi connectivity index (χ1v) is 12.3. The number of halogens is 1. The van der Waals surface area contributed by atoms with Crippen LogP contribution < -0.4 is 5.32 Å². The lowest BCUT2D eigenvalue weighted by molar-refractivity contribution is 0.0772. The van der Waals surface area contributed by atoms with Crippen molar-refractivity contribution in [3.8, 4) is 0 Å². The molecule has 2 amide bonds. The maximum Gasteiger partial charge on any atom is 0.257 e. The Morgan fingerprint density at radius 3 is 2.53 bits per heavy atom. The number of rotatable bonds is 5. The van der Waals surface area contributed by atoms with Gasteiger partial charge in [-0.15, -0.1) is 11.3 Å². The van der Waals surface area contributed by atoms with Crippen molar-refractivity contribution in [1.82, 2.24) is 4.90 Å². The molecule has 1 aromatic heterocycles. The highest BCUT2D eigenvalue weighted by atomic mass is 79.9. The van der Waals surface area contributed by atoms with Gasteiger partial charge in [0, 0.05) is 28.0 Å². The molecule has 0 spiro atoms. The van der Waals surface area contributed by atoms with Crippen molar-refractivity contribution >= 4 is 44.1 Å². The second-order valence-electron chi connectivity index (χ2n) is 8.96. The highest BCUT2D eigenvalue weighted by Gasteiger charge is 2.35. The van der Waals surface area contributed by atoms with Gasteiger partial charge in [0.2, 0.25) is 0 Å². The molecule has 1 atom stereocenters. The topological polar surface area (TPSA) is 49.4 Å². The molecule has 6 heteroatoms. The first-order valence-electron chi connectivity index (χ1n) is 10.7. The second-order valence-corrected chi connectivity index (χ2v) is 11.0. The van der Waals surface area contributed by atoms with Crippen LogP contribution in [0.3, 0.4) is 0 Å². The van der Waals surface area contributed by atoms with Crippen LogP contribution in [-0.2, 0) is 12.8 Å². The van der Waals surface area contributed by atoms with Crippen LogP contribution in [0.2, 0.25) is 0 Å². The van der Waals surface area contributed by atoms with E-state index in [2.05, 4.69) is 42.0 Å². The molecule has 0 bridgehead atoms. The maximum absolute atomic E-state index is 13.4. The van der Waals surface area contributed by atoms with Crippen LogP contribution >= 0.6 is 27.3 Å². The number of anilines is 1. The Hall–Kier alpha value is -1.66. The summed E-state index contributed by atoms with van der Waals surface area (Å²) in [5, 5.41) is 3.75. The van der Waals surface area contributed by atoms with Gasteiger partial charge in [0.15, 0.2) is 0 Å². The number of nitrogens with zero attached hydrogens (tertiary/aromatic N) is 1. The minimum Gasteiger partial charge on any atom is -0.339 e. The van der Waals surface area contributed by atoms with Crippen molar-refractivity contribution in [1.29, 1.82) is 0 Å².